The lowest BCUT2D eigenvalue weighted by Crippen LogP contribution is -2.41. The van der Waals surface area contributed by atoms with Crippen LogP contribution in [0.15, 0.2) is 18.3 Å². The summed E-state index contributed by atoms with van der Waals surface area (Å²) in [5.41, 5.74) is -0.284. The number of hydrogen-bond donors (Lipinski definition) is 1. The van der Waals surface area contributed by atoms with E-state index in [2.05, 4.69) is 15.3 Å². The molecule has 0 bridgehead atoms. The van der Waals surface area contributed by atoms with Crippen molar-refractivity contribution in [2.75, 3.05) is 25.2 Å². The third-order valence-corrected chi connectivity index (χ3v) is 5.72. The molecule has 2 aliphatic heterocycles. The predicted molar refractivity (Wildman–Crippen MR) is 118 cm³/mol. The van der Waals surface area contributed by atoms with Gasteiger partial charge in [0.15, 0.2) is 11.5 Å². The van der Waals surface area contributed by atoms with Crippen LogP contribution in [0.2, 0.25) is 5.15 Å². The Kier molecular flexibility index (Phi) is 6.41. The number of carbonyl (C=O) groups is 1. The van der Waals surface area contributed by atoms with Crippen LogP contribution in [0, 0.1) is 0 Å². The molecule has 2 aromatic rings. The number of anilines is 2. The van der Waals surface area contributed by atoms with Crippen LogP contribution in [0.25, 0.3) is 0 Å². The number of alkyl halides is 3. The molecule has 12 heteroatoms. The van der Waals surface area contributed by atoms with Crippen LogP contribution in [0.5, 0.6) is 11.5 Å². The number of hydrogen-bond acceptors (Lipinski definition) is 7. The molecular formula is C22H24ClF3N4O4. The fourth-order valence-corrected chi connectivity index (χ4v) is 4.10. The second-order valence-electron chi connectivity index (χ2n) is 9.03. The molecule has 2 aliphatic rings. The molecule has 0 aliphatic carbocycles. The Morgan fingerprint density at radius 1 is 1.18 bits per heavy atom. The molecule has 1 N–H and O–H groups in total. The van der Waals surface area contributed by atoms with Crippen LogP contribution >= 0.6 is 11.6 Å². The average Bonchev–Trinajstić information content (AvgIpc) is 3.22. The first-order chi connectivity index (χ1) is 15.9. The first-order valence-corrected chi connectivity index (χ1v) is 11.1. The van der Waals surface area contributed by atoms with Gasteiger partial charge in [0.25, 0.3) is 0 Å². The van der Waals surface area contributed by atoms with Crippen molar-refractivity contribution in [1.29, 1.82) is 0 Å². The van der Waals surface area contributed by atoms with Crippen molar-refractivity contribution in [1.82, 2.24) is 14.9 Å². The zero-order valence-electron chi connectivity index (χ0n) is 18.8. The minimum Gasteiger partial charge on any atom is -0.453 e. The van der Waals surface area contributed by atoms with Gasteiger partial charge in [-0.15, -0.1) is 0 Å². The summed E-state index contributed by atoms with van der Waals surface area (Å²) >= 11 is 5.69. The van der Waals surface area contributed by atoms with Crippen molar-refractivity contribution in [2.45, 2.75) is 51.3 Å². The largest absolute Gasteiger partial charge is 0.453 e. The van der Waals surface area contributed by atoms with E-state index in [0.717, 1.165) is 18.4 Å². The van der Waals surface area contributed by atoms with Gasteiger partial charge in [-0.05, 0) is 45.6 Å². The molecule has 1 fully saturated rings. The molecule has 0 radical (unpaired) electrons. The summed E-state index contributed by atoms with van der Waals surface area (Å²) in [6.07, 6.45) is -2.90. The maximum absolute atomic E-state index is 12.9. The van der Waals surface area contributed by atoms with Gasteiger partial charge in [-0.2, -0.15) is 13.2 Å². The number of likely N-dealkylation sites (tertiary alicyclic amines) is 1. The SMILES string of the molecule is CC(C)(C)OC(=O)N1CCC(c2ccc(Nc3ncc(C(F)(F)F)c(Cl)n3)c3c2OCO3)CC1. The molecule has 34 heavy (non-hydrogen) atoms. The van der Waals surface area contributed by atoms with Gasteiger partial charge in [0.2, 0.25) is 12.7 Å². The van der Waals surface area contributed by atoms with Crippen molar-refractivity contribution < 1.29 is 32.2 Å². The predicted octanol–water partition coefficient (Wildman–Crippen LogP) is 5.74. The van der Waals surface area contributed by atoms with Gasteiger partial charge in [0, 0.05) is 24.8 Å². The van der Waals surface area contributed by atoms with Gasteiger partial charge < -0.3 is 24.4 Å². The summed E-state index contributed by atoms with van der Waals surface area (Å²) in [6.45, 7) is 6.60. The zero-order chi connectivity index (χ0) is 24.7. The van der Waals surface area contributed by atoms with Crippen LogP contribution in [-0.4, -0.2) is 46.4 Å². The lowest BCUT2D eigenvalue weighted by Gasteiger charge is -2.33. The summed E-state index contributed by atoms with van der Waals surface area (Å²) < 4.78 is 55.5. The Balaban J connectivity index is 1.48. The third kappa shape index (κ3) is 5.24. The third-order valence-electron chi connectivity index (χ3n) is 5.43. The van der Waals surface area contributed by atoms with Crippen LogP contribution in [-0.2, 0) is 10.9 Å². The summed E-state index contributed by atoms with van der Waals surface area (Å²) in [6, 6.07) is 3.60. The van der Waals surface area contributed by atoms with Crippen LogP contribution in [0.4, 0.5) is 29.6 Å². The highest BCUT2D eigenvalue weighted by molar-refractivity contribution is 6.30. The molecule has 1 aromatic heterocycles. The maximum atomic E-state index is 12.9. The zero-order valence-corrected chi connectivity index (χ0v) is 19.6. The molecule has 0 saturated carbocycles. The fourth-order valence-electron chi connectivity index (χ4n) is 3.87. The Bertz CT molecular complexity index is 1080. The molecular weight excluding hydrogens is 477 g/mol. The van der Waals surface area contributed by atoms with Gasteiger partial charge in [-0.3, -0.25) is 0 Å². The summed E-state index contributed by atoms with van der Waals surface area (Å²) in [5.74, 6) is 1.01. The van der Waals surface area contributed by atoms with Gasteiger partial charge in [-0.1, -0.05) is 17.7 Å². The second kappa shape index (κ2) is 9.01. The molecule has 3 heterocycles. The van der Waals surface area contributed by atoms with Crippen molar-refractivity contribution in [3.05, 3.63) is 34.6 Å². The molecule has 8 nitrogen and oxygen atoms in total. The Morgan fingerprint density at radius 3 is 2.47 bits per heavy atom. The van der Waals surface area contributed by atoms with Crippen molar-refractivity contribution in [2.24, 2.45) is 0 Å². The number of amides is 1. The van der Waals surface area contributed by atoms with E-state index in [9.17, 15) is 18.0 Å². The number of halogens is 4. The highest BCUT2D eigenvalue weighted by atomic mass is 35.5. The lowest BCUT2D eigenvalue weighted by atomic mass is 9.88. The number of fused-ring (bicyclic) bond motifs is 1. The summed E-state index contributed by atoms with van der Waals surface area (Å²) in [7, 11) is 0. The second-order valence-corrected chi connectivity index (χ2v) is 9.39. The molecule has 1 amide bonds. The minimum atomic E-state index is -4.64. The van der Waals surface area contributed by atoms with Gasteiger partial charge in [0.1, 0.15) is 16.3 Å². The Labute approximate surface area is 199 Å². The van der Waals surface area contributed by atoms with E-state index in [-0.39, 0.29) is 24.8 Å². The van der Waals surface area contributed by atoms with Crippen LogP contribution < -0.4 is 14.8 Å². The van der Waals surface area contributed by atoms with E-state index in [0.29, 0.717) is 36.5 Å². The number of benzene rings is 1. The van der Waals surface area contributed by atoms with E-state index in [1.165, 1.54) is 0 Å². The normalized spacial score (nSPS) is 16.5. The number of ether oxygens (including phenoxy) is 3. The molecule has 1 aromatic carbocycles. The molecule has 0 spiro atoms. The summed E-state index contributed by atoms with van der Waals surface area (Å²) in [5, 5.41) is 2.15. The van der Waals surface area contributed by atoms with Gasteiger partial charge in [0.05, 0.1) is 5.69 Å². The quantitative estimate of drug-likeness (QED) is 0.538. The topological polar surface area (TPSA) is 85.8 Å². The molecule has 184 valence electrons. The number of nitrogens with zero attached hydrogens (tertiary/aromatic N) is 3. The molecule has 1 saturated heterocycles. The van der Waals surface area contributed by atoms with E-state index in [4.69, 9.17) is 25.8 Å². The van der Waals surface area contributed by atoms with Crippen molar-refractivity contribution in [3.63, 3.8) is 0 Å². The first-order valence-electron chi connectivity index (χ1n) is 10.7. The smallest absolute Gasteiger partial charge is 0.420 e. The van der Waals surface area contributed by atoms with Crippen LogP contribution in [0.3, 0.4) is 0 Å². The van der Waals surface area contributed by atoms with Crippen LogP contribution in [0.1, 0.15) is 50.7 Å². The highest BCUT2D eigenvalue weighted by Crippen LogP contribution is 2.47. The highest BCUT2D eigenvalue weighted by Gasteiger charge is 2.35. The Hall–Kier alpha value is -2.95. The van der Waals surface area contributed by atoms with Crippen molar-refractivity contribution in [3.8, 4) is 11.5 Å². The average molecular weight is 501 g/mol. The number of rotatable bonds is 3. The number of carbonyl (C=O) groups excluding carboxylic acids is 1. The van der Waals surface area contributed by atoms with E-state index in [1.807, 2.05) is 26.8 Å². The van der Waals surface area contributed by atoms with E-state index < -0.39 is 22.5 Å². The van der Waals surface area contributed by atoms with Gasteiger partial charge >= 0.3 is 12.3 Å². The standard InChI is InChI=1S/C22H24ClF3N4O4/c1-21(2,3)34-20(31)30-8-6-12(7-9-30)13-4-5-15(17-16(13)32-11-33-17)28-19-27-10-14(18(23)29-19)22(24,25)26/h4-5,10,12H,6-9,11H2,1-3H3,(H,27,28,29). The molecule has 0 atom stereocenters. The monoisotopic (exact) mass is 500 g/mol. The number of nitrogens with one attached hydrogen (secondary N) is 1. The van der Waals surface area contributed by atoms with Crippen molar-refractivity contribution >= 4 is 29.3 Å². The maximum Gasteiger partial charge on any atom is 0.420 e. The molecule has 4 rings (SSSR count). The fraction of sp³-hybridized carbons (Fsp3) is 0.500. The van der Waals surface area contributed by atoms with E-state index in [1.54, 1.807) is 11.0 Å². The number of piperidine rings is 1. The first kappa shape index (κ1) is 24.2. The number of aromatic nitrogens is 2. The minimum absolute atomic E-state index is 0.00635. The molecule has 0 unspecified atom stereocenters. The summed E-state index contributed by atoms with van der Waals surface area (Å²) in [4.78, 5) is 21.4. The Morgan fingerprint density at radius 2 is 1.85 bits per heavy atom. The lowest BCUT2D eigenvalue weighted by molar-refractivity contribution is -0.137. The van der Waals surface area contributed by atoms with Gasteiger partial charge in [-0.25, -0.2) is 14.8 Å². The van der Waals surface area contributed by atoms with E-state index >= 15 is 0 Å².